The summed E-state index contributed by atoms with van der Waals surface area (Å²) in [6.45, 7) is 3.73. The normalized spacial score (nSPS) is 11.0. The topological polar surface area (TPSA) is 63.3 Å². The van der Waals surface area contributed by atoms with Crippen LogP contribution in [-0.2, 0) is 0 Å². The van der Waals surface area contributed by atoms with Gasteiger partial charge in [-0.1, -0.05) is 25.4 Å². The van der Waals surface area contributed by atoms with Crippen LogP contribution in [0.3, 0.4) is 0 Å². The Labute approximate surface area is 123 Å². The summed E-state index contributed by atoms with van der Waals surface area (Å²) in [6, 6.07) is 5.13. The van der Waals surface area contributed by atoms with Gasteiger partial charge in [0.1, 0.15) is 0 Å². The minimum atomic E-state index is -1.12. The Balaban J connectivity index is 2.57. The minimum Gasteiger partial charge on any atom is -0.475 e. The summed E-state index contributed by atoms with van der Waals surface area (Å²) in [5, 5.41) is 9.70. The van der Waals surface area contributed by atoms with Crippen molar-refractivity contribution in [1.29, 1.82) is 0 Å². The maximum absolute atomic E-state index is 11.1. The van der Waals surface area contributed by atoms with Gasteiger partial charge in [0, 0.05) is 9.50 Å². The molecule has 1 aromatic heterocycles. The number of nitrogens with zero attached hydrogens (tertiary/aromatic N) is 1. The van der Waals surface area contributed by atoms with Crippen molar-refractivity contribution in [2.24, 2.45) is 0 Å². The van der Waals surface area contributed by atoms with Crippen LogP contribution in [0.25, 0.3) is 11.5 Å². The highest BCUT2D eigenvalue weighted by molar-refractivity contribution is 9.10. The van der Waals surface area contributed by atoms with Gasteiger partial charge < -0.3 is 9.52 Å². The van der Waals surface area contributed by atoms with Crippen molar-refractivity contribution in [3.05, 3.63) is 39.1 Å². The van der Waals surface area contributed by atoms with E-state index in [-0.39, 0.29) is 17.6 Å². The largest absolute Gasteiger partial charge is 0.475 e. The Morgan fingerprint density at radius 2 is 2.16 bits per heavy atom. The summed E-state index contributed by atoms with van der Waals surface area (Å²) in [6.07, 6.45) is 0. The SMILES string of the molecule is CC(C)c1nc(-c2ccc(Cl)cc2Br)oc1C(=O)O. The van der Waals surface area contributed by atoms with Crippen molar-refractivity contribution in [2.75, 3.05) is 0 Å². The van der Waals surface area contributed by atoms with E-state index in [1.807, 2.05) is 13.8 Å². The van der Waals surface area contributed by atoms with E-state index in [4.69, 9.17) is 21.1 Å². The highest BCUT2D eigenvalue weighted by atomic mass is 79.9. The van der Waals surface area contributed by atoms with Crippen molar-refractivity contribution < 1.29 is 14.3 Å². The Kier molecular flexibility index (Phi) is 3.96. The standard InChI is InChI=1S/C13H11BrClNO3/c1-6(2)10-11(13(17)18)19-12(16-10)8-4-3-7(15)5-9(8)14/h3-6H,1-2H3,(H,17,18). The first-order valence-electron chi connectivity index (χ1n) is 5.59. The number of carbonyl (C=O) groups is 1. The van der Waals surface area contributed by atoms with E-state index in [2.05, 4.69) is 20.9 Å². The van der Waals surface area contributed by atoms with Gasteiger partial charge >= 0.3 is 5.97 Å². The number of hydrogen-bond donors (Lipinski definition) is 1. The number of rotatable bonds is 3. The summed E-state index contributed by atoms with van der Waals surface area (Å²) < 4.78 is 6.06. The van der Waals surface area contributed by atoms with Crippen LogP contribution in [0.2, 0.25) is 5.02 Å². The van der Waals surface area contributed by atoms with Crippen LogP contribution in [0.4, 0.5) is 0 Å². The molecule has 0 aliphatic carbocycles. The van der Waals surface area contributed by atoms with Crippen LogP contribution in [0, 0.1) is 0 Å². The van der Waals surface area contributed by atoms with E-state index in [0.717, 1.165) is 0 Å². The number of carboxylic acids is 1. The average Bonchev–Trinajstić information content (AvgIpc) is 2.73. The summed E-state index contributed by atoms with van der Waals surface area (Å²) in [5.41, 5.74) is 1.10. The molecule has 2 aromatic rings. The van der Waals surface area contributed by atoms with Crippen LogP contribution < -0.4 is 0 Å². The summed E-state index contributed by atoms with van der Waals surface area (Å²) in [7, 11) is 0. The van der Waals surface area contributed by atoms with Gasteiger partial charge in [-0.25, -0.2) is 9.78 Å². The van der Waals surface area contributed by atoms with Crippen molar-refractivity contribution >= 4 is 33.5 Å². The Hall–Kier alpha value is -1.33. The van der Waals surface area contributed by atoms with Crippen LogP contribution in [0.5, 0.6) is 0 Å². The predicted molar refractivity (Wildman–Crippen MR) is 75.7 cm³/mol. The molecule has 0 atom stereocenters. The fraction of sp³-hybridized carbons (Fsp3) is 0.231. The molecular weight excluding hydrogens is 334 g/mol. The fourth-order valence-electron chi connectivity index (χ4n) is 1.65. The molecule has 0 bridgehead atoms. The fourth-order valence-corrected chi connectivity index (χ4v) is 2.51. The number of benzene rings is 1. The predicted octanol–water partition coefficient (Wildman–Crippen LogP) is 4.58. The zero-order valence-electron chi connectivity index (χ0n) is 10.3. The molecule has 0 spiro atoms. The Morgan fingerprint density at radius 3 is 2.63 bits per heavy atom. The number of aromatic nitrogens is 1. The van der Waals surface area contributed by atoms with Crippen LogP contribution in [0.1, 0.15) is 36.0 Å². The molecule has 0 amide bonds. The molecule has 0 unspecified atom stereocenters. The molecule has 1 aromatic carbocycles. The third-order valence-corrected chi connectivity index (χ3v) is 3.45. The van der Waals surface area contributed by atoms with E-state index in [1.54, 1.807) is 18.2 Å². The molecule has 0 radical (unpaired) electrons. The second-order valence-corrected chi connectivity index (χ2v) is 5.61. The lowest BCUT2D eigenvalue weighted by atomic mass is 10.1. The van der Waals surface area contributed by atoms with Gasteiger partial charge in [-0.3, -0.25) is 0 Å². The van der Waals surface area contributed by atoms with Gasteiger partial charge in [0.2, 0.25) is 11.7 Å². The maximum atomic E-state index is 11.1. The molecule has 0 saturated heterocycles. The first kappa shape index (κ1) is 14.1. The van der Waals surface area contributed by atoms with Crippen molar-refractivity contribution in [1.82, 2.24) is 4.98 Å². The molecule has 1 heterocycles. The van der Waals surface area contributed by atoms with E-state index < -0.39 is 5.97 Å². The molecule has 6 heteroatoms. The molecule has 0 saturated carbocycles. The number of aromatic carboxylic acids is 1. The number of hydrogen-bond acceptors (Lipinski definition) is 3. The molecule has 1 N–H and O–H groups in total. The quantitative estimate of drug-likeness (QED) is 0.885. The second kappa shape index (κ2) is 5.35. The average molecular weight is 345 g/mol. The lowest BCUT2D eigenvalue weighted by Crippen LogP contribution is -2.01. The van der Waals surface area contributed by atoms with Crippen LogP contribution >= 0.6 is 27.5 Å². The zero-order chi connectivity index (χ0) is 14.2. The van der Waals surface area contributed by atoms with Crippen LogP contribution in [0.15, 0.2) is 27.1 Å². The molecule has 0 aliphatic rings. The van der Waals surface area contributed by atoms with E-state index in [9.17, 15) is 4.79 Å². The molecule has 4 nitrogen and oxygen atoms in total. The lowest BCUT2D eigenvalue weighted by Gasteiger charge is -2.00. The van der Waals surface area contributed by atoms with Gasteiger partial charge in [-0.15, -0.1) is 0 Å². The minimum absolute atomic E-state index is 0.0327. The number of halogens is 2. The third kappa shape index (κ3) is 2.82. The first-order chi connectivity index (χ1) is 8.90. The second-order valence-electron chi connectivity index (χ2n) is 4.32. The van der Waals surface area contributed by atoms with E-state index >= 15 is 0 Å². The van der Waals surface area contributed by atoms with Crippen molar-refractivity contribution in [2.45, 2.75) is 19.8 Å². The smallest absolute Gasteiger partial charge is 0.373 e. The van der Waals surface area contributed by atoms with Gasteiger partial charge in [-0.2, -0.15) is 0 Å². The Bertz CT molecular complexity index is 637. The molecule has 0 aliphatic heterocycles. The van der Waals surface area contributed by atoms with Gasteiger partial charge in [-0.05, 0) is 40.0 Å². The highest BCUT2D eigenvalue weighted by Gasteiger charge is 2.23. The summed E-state index contributed by atoms with van der Waals surface area (Å²) in [5.74, 6) is -1.00. The summed E-state index contributed by atoms with van der Waals surface area (Å²) >= 11 is 9.23. The van der Waals surface area contributed by atoms with Crippen molar-refractivity contribution in [3.63, 3.8) is 0 Å². The molecule has 19 heavy (non-hydrogen) atoms. The zero-order valence-corrected chi connectivity index (χ0v) is 12.6. The maximum Gasteiger partial charge on any atom is 0.373 e. The molecule has 100 valence electrons. The number of carboxylic acid groups (broad SMARTS) is 1. The van der Waals surface area contributed by atoms with Gasteiger partial charge in [0.05, 0.1) is 11.3 Å². The molecule has 2 rings (SSSR count). The summed E-state index contributed by atoms with van der Waals surface area (Å²) in [4.78, 5) is 15.4. The van der Waals surface area contributed by atoms with E-state index in [0.29, 0.717) is 20.8 Å². The van der Waals surface area contributed by atoms with Gasteiger partial charge in [0.15, 0.2) is 0 Å². The van der Waals surface area contributed by atoms with Crippen LogP contribution in [-0.4, -0.2) is 16.1 Å². The van der Waals surface area contributed by atoms with Crippen molar-refractivity contribution in [3.8, 4) is 11.5 Å². The monoisotopic (exact) mass is 343 g/mol. The van der Waals surface area contributed by atoms with Gasteiger partial charge in [0.25, 0.3) is 0 Å². The highest BCUT2D eigenvalue weighted by Crippen LogP contribution is 2.32. The Morgan fingerprint density at radius 1 is 1.47 bits per heavy atom. The number of oxazole rings is 1. The molecular formula is C13H11BrClNO3. The lowest BCUT2D eigenvalue weighted by molar-refractivity contribution is 0.0661. The van der Waals surface area contributed by atoms with E-state index in [1.165, 1.54) is 0 Å². The third-order valence-electron chi connectivity index (χ3n) is 2.56. The first-order valence-corrected chi connectivity index (χ1v) is 6.76. The molecule has 0 fully saturated rings.